The molecule has 1 aromatic carbocycles. The Hall–Kier alpha value is -2.34. The maximum Gasteiger partial charge on any atom is 0.328 e. The molecule has 0 aliphatic carbocycles. The first-order valence-corrected chi connectivity index (χ1v) is 6.99. The number of amides is 1. The molecule has 0 saturated carbocycles. The topological polar surface area (TPSA) is 80.6 Å². The number of carboxylic acid groups (broad SMARTS) is 1. The summed E-state index contributed by atoms with van der Waals surface area (Å²) in [4.78, 5) is 23.6. The SMILES string of the molecule is COCCn1cc(C(=O)NC(C)(C)C(=O)O)c2ccccc21. The van der Waals surface area contributed by atoms with Crippen molar-refractivity contribution < 1.29 is 19.4 Å². The Morgan fingerprint density at radius 3 is 2.64 bits per heavy atom. The first-order chi connectivity index (χ1) is 10.4. The molecule has 0 bridgehead atoms. The molecule has 6 heteroatoms. The number of carboxylic acids is 1. The summed E-state index contributed by atoms with van der Waals surface area (Å²) >= 11 is 0. The van der Waals surface area contributed by atoms with Crippen LogP contribution in [0.2, 0.25) is 0 Å². The van der Waals surface area contributed by atoms with E-state index in [1.165, 1.54) is 13.8 Å². The van der Waals surface area contributed by atoms with E-state index >= 15 is 0 Å². The zero-order valence-electron chi connectivity index (χ0n) is 12.9. The molecule has 1 aromatic heterocycles. The second kappa shape index (κ2) is 6.19. The van der Waals surface area contributed by atoms with Crippen LogP contribution in [0.15, 0.2) is 30.5 Å². The molecule has 2 rings (SSSR count). The Kier molecular flexibility index (Phi) is 4.51. The normalized spacial score (nSPS) is 11.6. The Morgan fingerprint density at radius 2 is 2.00 bits per heavy atom. The molecule has 0 unspecified atom stereocenters. The van der Waals surface area contributed by atoms with Crippen molar-refractivity contribution in [1.82, 2.24) is 9.88 Å². The molecule has 2 aromatic rings. The first kappa shape index (κ1) is 16.0. The van der Waals surface area contributed by atoms with Crippen molar-refractivity contribution in [2.75, 3.05) is 13.7 Å². The Bertz CT molecular complexity index is 703. The minimum atomic E-state index is -1.33. The van der Waals surface area contributed by atoms with E-state index in [-0.39, 0.29) is 0 Å². The summed E-state index contributed by atoms with van der Waals surface area (Å²) in [5, 5.41) is 12.5. The van der Waals surface area contributed by atoms with Gasteiger partial charge in [-0.2, -0.15) is 0 Å². The number of carbonyl (C=O) groups is 2. The van der Waals surface area contributed by atoms with E-state index in [1.807, 2.05) is 28.8 Å². The van der Waals surface area contributed by atoms with Crippen LogP contribution in [0.5, 0.6) is 0 Å². The van der Waals surface area contributed by atoms with Crippen LogP contribution >= 0.6 is 0 Å². The molecule has 6 nitrogen and oxygen atoms in total. The molecular formula is C16H20N2O4. The van der Waals surface area contributed by atoms with Crippen molar-refractivity contribution in [2.24, 2.45) is 0 Å². The highest BCUT2D eigenvalue weighted by molar-refractivity contribution is 6.08. The minimum Gasteiger partial charge on any atom is -0.480 e. The summed E-state index contributed by atoms with van der Waals surface area (Å²) in [6.07, 6.45) is 1.73. The van der Waals surface area contributed by atoms with Crippen molar-refractivity contribution in [1.29, 1.82) is 0 Å². The highest BCUT2D eigenvalue weighted by Gasteiger charge is 2.30. The van der Waals surface area contributed by atoms with Crippen molar-refractivity contribution in [3.63, 3.8) is 0 Å². The summed E-state index contributed by atoms with van der Waals surface area (Å²) in [7, 11) is 1.62. The number of aliphatic carboxylic acids is 1. The summed E-state index contributed by atoms with van der Waals surface area (Å²) in [6, 6.07) is 7.52. The number of hydrogen-bond donors (Lipinski definition) is 2. The molecule has 0 aliphatic rings. The molecule has 2 N–H and O–H groups in total. The van der Waals surface area contributed by atoms with Gasteiger partial charge in [0.15, 0.2) is 0 Å². The van der Waals surface area contributed by atoms with Gasteiger partial charge in [-0.15, -0.1) is 0 Å². The summed E-state index contributed by atoms with van der Waals surface area (Å²) in [5.74, 6) is -1.48. The lowest BCUT2D eigenvalue weighted by Crippen LogP contribution is -2.49. The number of methoxy groups -OCH3 is 1. The first-order valence-electron chi connectivity index (χ1n) is 6.99. The van der Waals surface area contributed by atoms with Gasteiger partial charge in [0.25, 0.3) is 5.91 Å². The van der Waals surface area contributed by atoms with E-state index in [9.17, 15) is 9.59 Å². The van der Waals surface area contributed by atoms with Crippen LogP contribution in [-0.4, -0.2) is 40.8 Å². The van der Waals surface area contributed by atoms with Gasteiger partial charge in [-0.1, -0.05) is 18.2 Å². The van der Waals surface area contributed by atoms with Crippen molar-refractivity contribution >= 4 is 22.8 Å². The number of nitrogens with one attached hydrogen (secondary N) is 1. The van der Waals surface area contributed by atoms with Crippen LogP contribution < -0.4 is 5.32 Å². The van der Waals surface area contributed by atoms with E-state index in [1.54, 1.807) is 13.3 Å². The molecule has 0 saturated heterocycles. The lowest BCUT2D eigenvalue weighted by Gasteiger charge is -2.20. The molecular weight excluding hydrogens is 284 g/mol. The third-order valence-corrected chi connectivity index (χ3v) is 3.53. The Balaban J connectivity index is 2.38. The summed E-state index contributed by atoms with van der Waals surface area (Å²) in [5.41, 5.74) is 0.0474. The number of para-hydroxylation sites is 1. The number of nitrogens with zero attached hydrogens (tertiary/aromatic N) is 1. The third kappa shape index (κ3) is 3.12. The van der Waals surface area contributed by atoms with E-state index in [0.29, 0.717) is 18.7 Å². The molecule has 0 radical (unpaired) electrons. The van der Waals surface area contributed by atoms with Gasteiger partial charge in [0.2, 0.25) is 0 Å². The molecule has 0 fully saturated rings. The van der Waals surface area contributed by atoms with Gasteiger partial charge in [0.1, 0.15) is 5.54 Å². The molecule has 0 aliphatic heterocycles. The smallest absolute Gasteiger partial charge is 0.328 e. The lowest BCUT2D eigenvalue weighted by atomic mass is 10.1. The highest BCUT2D eigenvalue weighted by atomic mass is 16.5. The van der Waals surface area contributed by atoms with Crippen LogP contribution in [-0.2, 0) is 16.1 Å². The van der Waals surface area contributed by atoms with Gasteiger partial charge in [-0.3, -0.25) is 4.79 Å². The van der Waals surface area contributed by atoms with E-state index < -0.39 is 17.4 Å². The summed E-state index contributed by atoms with van der Waals surface area (Å²) in [6.45, 7) is 4.06. The average molecular weight is 304 g/mol. The number of fused-ring (bicyclic) bond motifs is 1. The van der Waals surface area contributed by atoms with Crippen LogP contribution in [0.1, 0.15) is 24.2 Å². The number of carbonyl (C=O) groups excluding carboxylic acids is 1. The average Bonchev–Trinajstić information content (AvgIpc) is 2.83. The Morgan fingerprint density at radius 1 is 1.32 bits per heavy atom. The molecule has 22 heavy (non-hydrogen) atoms. The molecule has 118 valence electrons. The van der Waals surface area contributed by atoms with Gasteiger partial charge in [-0.05, 0) is 19.9 Å². The zero-order valence-corrected chi connectivity index (χ0v) is 12.9. The maximum absolute atomic E-state index is 12.4. The van der Waals surface area contributed by atoms with Crippen LogP contribution in [0.25, 0.3) is 10.9 Å². The number of ether oxygens (including phenoxy) is 1. The second-order valence-corrected chi connectivity index (χ2v) is 5.63. The highest BCUT2D eigenvalue weighted by Crippen LogP contribution is 2.22. The number of rotatable bonds is 6. The van der Waals surface area contributed by atoms with E-state index in [0.717, 1.165) is 10.9 Å². The number of aromatic nitrogens is 1. The van der Waals surface area contributed by atoms with Crippen LogP contribution in [0.4, 0.5) is 0 Å². The quantitative estimate of drug-likeness (QED) is 0.854. The standard InChI is InChI=1S/C16H20N2O4/c1-16(2,15(20)21)17-14(19)12-10-18(8-9-22-3)13-7-5-4-6-11(12)13/h4-7,10H,8-9H2,1-3H3,(H,17,19)(H,20,21). The van der Waals surface area contributed by atoms with Crippen molar-refractivity contribution in [2.45, 2.75) is 25.9 Å². The molecule has 0 atom stereocenters. The van der Waals surface area contributed by atoms with Crippen molar-refractivity contribution in [3.8, 4) is 0 Å². The van der Waals surface area contributed by atoms with Gasteiger partial charge < -0.3 is 19.7 Å². The fraction of sp³-hybridized carbons (Fsp3) is 0.375. The monoisotopic (exact) mass is 304 g/mol. The van der Waals surface area contributed by atoms with Crippen molar-refractivity contribution in [3.05, 3.63) is 36.0 Å². The number of benzene rings is 1. The van der Waals surface area contributed by atoms with Crippen LogP contribution in [0.3, 0.4) is 0 Å². The second-order valence-electron chi connectivity index (χ2n) is 5.63. The molecule has 0 spiro atoms. The van der Waals surface area contributed by atoms with Crippen LogP contribution in [0, 0.1) is 0 Å². The molecule has 1 amide bonds. The minimum absolute atomic E-state index is 0.403. The van der Waals surface area contributed by atoms with Gasteiger partial charge in [0, 0.05) is 30.8 Å². The lowest BCUT2D eigenvalue weighted by molar-refractivity contribution is -0.143. The Labute approximate surface area is 128 Å². The fourth-order valence-electron chi connectivity index (χ4n) is 2.21. The molecule has 1 heterocycles. The largest absolute Gasteiger partial charge is 0.480 e. The number of hydrogen-bond acceptors (Lipinski definition) is 3. The predicted octanol–water partition coefficient (Wildman–Crippen LogP) is 1.88. The predicted molar refractivity (Wildman–Crippen MR) is 83.0 cm³/mol. The van der Waals surface area contributed by atoms with E-state index in [2.05, 4.69) is 5.32 Å². The van der Waals surface area contributed by atoms with Gasteiger partial charge >= 0.3 is 5.97 Å². The van der Waals surface area contributed by atoms with Gasteiger partial charge in [0.05, 0.1) is 12.2 Å². The fourth-order valence-corrected chi connectivity index (χ4v) is 2.21. The van der Waals surface area contributed by atoms with Gasteiger partial charge in [-0.25, -0.2) is 4.79 Å². The summed E-state index contributed by atoms with van der Waals surface area (Å²) < 4.78 is 7.01. The maximum atomic E-state index is 12.4. The third-order valence-electron chi connectivity index (χ3n) is 3.53. The zero-order chi connectivity index (χ0) is 16.3. The van der Waals surface area contributed by atoms with E-state index in [4.69, 9.17) is 9.84 Å².